The van der Waals surface area contributed by atoms with Gasteiger partial charge in [0.15, 0.2) is 0 Å². The number of allylic oxidation sites excluding steroid dienone is 1. The van der Waals surface area contributed by atoms with Gasteiger partial charge in [0.1, 0.15) is 0 Å². The van der Waals surface area contributed by atoms with Gasteiger partial charge in [0.2, 0.25) is 0 Å². The molecule has 1 atom stereocenters. The SMILES string of the molecule is CC1(C)CC(O)C=C1c1ccc2ccccc2c1. The topological polar surface area (TPSA) is 20.2 Å². The van der Waals surface area contributed by atoms with Crippen molar-refractivity contribution in [2.24, 2.45) is 5.41 Å². The highest BCUT2D eigenvalue weighted by Gasteiger charge is 2.32. The summed E-state index contributed by atoms with van der Waals surface area (Å²) in [5.74, 6) is 0. The van der Waals surface area contributed by atoms with Crippen LogP contribution in [0.1, 0.15) is 25.8 Å². The number of hydrogen-bond acceptors (Lipinski definition) is 1. The Bertz CT molecular complexity index is 622. The zero-order valence-corrected chi connectivity index (χ0v) is 10.9. The van der Waals surface area contributed by atoms with Crippen LogP contribution in [0.5, 0.6) is 0 Å². The van der Waals surface area contributed by atoms with Crippen molar-refractivity contribution in [1.29, 1.82) is 0 Å². The van der Waals surface area contributed by atoms with Crippen molar-refractivity contribution in [3.05, 3.63) is 54.1 Å². The van der Waals surface area contributed by atoms with Gasteiger partial charge in [-0.15, -0.1) is 0 Å². The monoisotopic (exact) mass is 238 g/mol. The molecule has 92 valence electrons. The predicted molar refractivity (Wildman–Crippen MR) is 76.3 cm³/mol. The highest BCUT2D eigenvalue weighted by Crippen LogP contribution is 2.44. The van der Waals surface area contributed by atoms with Crippen LogP contribution in [0.3, 0.4) is 0 Å². The molecule has 0 heterocycles. The molecular weight excluding hydrogens is 220 g/mol. The van der Waals surface area contributed by atoms with E-state index in [4.69, 9.17) is 0 Å². The minimum atomic E-state index is -0.304. The molecule has 0 fully saturated rings. The van der Waals surface area contributed by atoms with Crippen LogP contribution in [0.25, 0.3) is 16.3 Å². The molecule has 2 aromatic carbocycles. The molecule has 0 aromatic heterocycles. The van der Waals surface area contributed by atoms with Gasteiger partial charge in [-0.25, -0.2) is 0 Å². The third kappa shape index (κ3) is 1.85. The van der Waals surface area contributed by atoms with E-state index in [9.17, 15) is 5.11 Å². The number of fused-ring (bicyclic) bond motifs is 1. The summed E-state index contributed by atoms with van der Waals surface area (Å²) in [6.07, 6.45) is 2.51. The van der Waals surface area contributed by atoms with E-state index in [1.165, 1.54) is 21.9 Å². The Kier molecular flexibility index (Phi) is 2.53. The first-order valence-corrected chi connectivity index (χ1v) is 6.46. The predicted octanol–water partition coefficient (Wildman–Crippen LogP) is 4.01. The molecule has 1 aliphatic rings. The number of benzene rings is 2. The van der Waals surface area contributed by atoms with Crippen LogP contribution >= 0.6 is 0 Å². The maximum absolute atomic E-state index is 9.83. The van der Waals surface area contributed by atoms with Gasteiger partial charge in [-0.2, -0.15) is 0 Å². The molecule has 1 aliphatic carbocycles. The molecule has 2 aromatic rings. The molecule has 18 heavy (non-hydrogen) atoms. The van der Waals surface area contributed by atoms with Gasteiger partial charge in [0, 0.05) is 0 Å². The number of hydrogen-bond donors (Lipinski definition) is 1. The van der Waals surface area contributed by atoms with Gasteiger partial charge in [-0.1, -0.05) is 56.3 Å². The quantitative estimate of drug-likeness (QED) is 0.795. The fourth-order valence-corrected chi connectivity index (χ4v) is 2.95. The molecule has 0 spiro atoms. The molecule has 3 rings (SSSR count). The van der Waals surface area contributed by atoms with Crippen molar-refractivity contribution >= 4 is 16.3 Å². The minimum Gasteiger partial charge on any atom is -0.389 e. The van der Waals surface area contributed by atoms with Crippen molar-refractivity contribution in [3.8, 4) is 0 Å². The van der Waals surface area contributed by atoms with Gasteiger partial charge in [-0.3, -0.25) is 0 Å². The third-order valence-corrected chi connectivity index (χ3v) is 3.87. The Labute approximate surface area is 108 Å². The fraction of sp³-hybridized carbons (Fsp3) is 0.294. The lowest BCUT2D eigenvalue weighted by atomic mass is 9.81. The molecule has 0 bridgehead atoms. The lowest BCUT2D eigenvalue weighted by molar-refractivity contribution is 0.193. The van der Waals surface area contributed by atoms with E-state index in [1.54, 1.807) is 0 Å². The maximum Gasteiger partial charge on any atom is 0.0735 e. The standard InChI is InChI=1S/C17H18O/c1-17(2)11-15(18)10-16(17)14-8-7-12-5-3-4-6-13(12)9-14/h3-10,15,18H,11H2,1-2H3. The Morgan fingerprint density at radius 2 is 1.78 bits per heavy atom. The van der Waals surface area contributed by atoms with Crippen LogP contribution in [0, 0.1) is 5.41 Å². The lowest BCUT2D eigenvalue weighted by Gasteiger charge is -2.23. The van der Waals surface area contributed by atoms with E-state index in [0.717, 1.165) is 6.42 Å². The first-order valence-electron chi connectivity index (χ1n) is 6.46. The largest absolute Gasteiger partial charge is 0.389 e. The number of rotatable bonds is 1. The van der Waals surface area contributed by atoms with Crippen LogP contribution in [-0.2, 0) is 0 Å². The van der Waals surface area contributed by atoms with Crippen molar-refractivity contribution in [1.82, 2.24) is 0 Å². The zero-order valence-electron chi connectivity index (χ0n) is 10.9. The molecule has 0 amide bonds. The van der Waals surface area contributed by atoms with Crippen LogP contribution in [0.4, 0.5) is 0 Å². The molecule has 0 saturated heterocycles. The molecule has 1 heteroatoms. The van der Waals surface area contributed by atoms with Crippen LogP contribution in [0.2, 0.25) is 0 Å². The average Bonchev–Trinajstić information content (AvgIpc) is 2.62. The second kappa shape index (κ2) is 3.96. The van der Waals surface area contributed by atoms with Crippen LogP contribution < -0.4 is 0 Å². The number of aliphatic hydroxyl groups is 1. The smallest absolute Gasteiger partial charge is 0.0735 e. The Morgan fingerprint density at radius 3 is 2.44 bits per heavy atom. The highest BCUT2D eigenvalue weighted by molar-refractivity contribution is 5.87. The van der Waals surface area contributed by atoms with E-state index in [-0.39, 0.29) is 11.5 Å². The molecule has 0 aliphatic heterocycles. The van der Waals surface area contributed by atoms with E-state index in [0.29, 0.717) is 0 Å². The summed E-state index contributed by atoms with van der Waals surface area (Å²) < 4.78 is 0. The summed E-state index contributed by atoms with van der Waals surface area (Å²) in [6.45, 7) is 4.40. The van der Waals surface area contributed by atoms with Gasteiger partial charge in [-0.05, 0) is 39.8 Å². The van der Waals surface area contributed by atoms with Crippen LogP contribution in [-0.4, -0.2) is 11.2 Å². The van der Waals surface area contributed by atoms with Crippen molar-refractivity contribution in [2.45, 2.75) is 26.4 Å². The first-order chi connectivity index (χ1) is 8.56. The molecule has 1 unspecified atom stereocenters. The summed E-state index contributed by atoms with van der Waals surface area (Å²) in [5.41, 5.74) is 2.55. The van der Waals surface area contributed by atoms with Gasteiger partial charge in [0.05, 0.1) is 6.10 Å². The summed E-state index contributed by atoms with van der Waals surface area (Å²) in [6, 6.07) is 14.9. The second-order valence-electron chi connectivity index (χ2n) is 5.80. The Balaban J connectivity index is 2.12. The maximum atomic E-state index is 9.83. The molecule has 1 nitrogen and oxygen atoms in total. The molecule has 0 saturated carbocycles. The zero-order chi connectivity index (χ0) is 12.8. The van der Waals surface area contributed by atoms with Crippen molar-refractivity contribution in [3.63, 3.8) is 0 Å². The van der Waals surface area contributed by atoms with E-state index in [1.807, 2.05) is 6.08 Å². The van der Waals surface area contributed by atoms with Crippen LogP contribution in [0.15, 0.2) is 48.5 Å². The average molecular weight is 238 g/mol. The third-order valence-electron chi connectivity index (χ3n) is 3.87. The summed E-state index contributed by atoms with van der Waals surface area (Å²) in [7, 11) is 0. The summed E-state index contributed by atoms with van der Waals surface area (Å²) in [5, 5.41) is 12.4. The Morgan fingerprint density at radius 1 is 1.06 bits per heavy atom. The molecule has 1 N–H and O–H groups in total. The highest BCUT2D eigenvalue weighted by atomic mass is 16.3. The summed E-state index contributed by atoms with van der Waals surface area (Å²) in [4.78, 5) is 0. The Hall–Kier alpha value is -1.60. The van der Waals surface area contributed by atoms with Crippen molar-refractivity contribution in [2.75, 3.05) is 0 Å². The lowest BCUT2D eigenvalue weighted by Crippen LogP contribution is -2.12. The van der Waals surface area contributed by atoms with Gasteiger partial charge < -0.3 is 5.11 Å². The normalized spacial score (nSPS) is 22.2. The van der Waals surface area contributed by atoms with E-state index >= 15 is 0 Å². The number of aliphatic hydroxyl groups excluding tert-OH is 1. The summed E-state index contributed by atoms with van der Waals surface area (Å²) >= 11 is 0. The van der Waals surface area contributed by atoms with Gasteiger partial charge >= 0.3 is 0 Å². The van der Waals surface area contributed by atoms with Gasteiger partial charge in [0.25, 0.3) is 0 Å². The molecule has 0 radical (unpaired) electrons. The second-order valence-corrected chi connectivity index (χ2v) is 5.80. The van der Waals surface area contributed by atoms with E-state index < -0.39 is 0 Å². The minimum absolute atomic E-state index is 0.0574. The van der Waals surface area contributed by atoms with Crippen molar-refractivity contribution < 1.29 is 5.11 Å². The fourth-order valence-electron chi connectivity index (χ4n) is 2.95. The molecular formula is C17H18O. The van der Waals surface area contributed by atoms with E-state index in [2.05, 4.69) is 56.3 Å². The first kappa shape index (κ1) is 11.5.